The van der Waals surface area contributed by atoms with E-state index in [2.05, 4.69) is 10.3 Å². The number of alkyl halides is 3. The fourth-order valence-corrected chi connectivity index (χ4v) is 5.29. The number of halogens is 5. The van der Waals surface area contributed by atoms with Crippen LogP contribution in [0.4, 0.5) is 19.0 Å². The zero-order chi connectivity index (χ0) is 26.0. The van der Waals surface area contributed by atoms with Crippen LogP contribution < -0.4 is 5.32 Å². The molecule has 2 aliphatic heterocycles. The van der Waals surface area contributed by atoms with Crippen molar-refractivity contribution < 1.29 is 22.8 Å². The van der Waals surface area contributed by atoms with Crippen LogP contribution in [0.15, 0.2) is 36.5 Å². The molecule has 3 heterocycles. The average Bonchev–Trinajstić information content (AvgIpc) is 3.28. The lowest BCUT2D eigenvalue weighted by atomic mass is 9.89. The third-order valence-electron chi connectivity index (χ3n) is 7.05. The first-order valence-corrected chi connectivity index (χ1v) is 12.5. The Balaban J connectivity index is 1.47. The van der Waals surface area contributed by atoms with E-state index in [4.69, 9.17) is 23.2 Å². The van der Waals surface area contributed by atoms with Crippen molar-refractivity contribution in [3.63, 3.8) is 0 Å². The Bertz CT molecular complexity index is 1110. The largest absolute Gasteiger partial charge is 0.417 e. The lowest BCUT2D eigenvalue weighted by molar-refractivity contribution is -0.139. The Kier molecular flexibility index (Phi) is 7.99. The summed E-state index contributed by atoms with van der Waals surface area (Å²) in [5, 5.41) is 3.99. The van der Waals surface area contributed by atoms with E-state index < -0.39 is 11.7 Å². The van der Waals surface area contributed by atoms with Gasteiger partial charge in [-0.1, -0.05) is 29.3 Å². The quantitative estimate of drug-likeness (QED) is 0.555. The Morgan fingerprint density at radius 1 is 1.06 bits per heavy atom. The van der Waals surface area contributed by atoms with E-state index >= 15 is 0 Å². The molecule has 2 aliphatic rings. The predicted molar refractivity (Wildman–Crippen MR) is 132 cm³/mol. The lowest BCUT2D eigenvalue weighted by Gasteiger charge is -2.32. The Morgan fingerprint density at radius 3 is 2.36 bits per heavy atom. The lowest BCUT2D eigenvalue weighted by Crippen LogP contribution is -2.43. The summed E-state index contributed by atoms with van der Waals surface area (Å²) in [4.78, 5) is 32.5. The first kappa shape index (κ1) is 26.5. The summed E-state index contributed by atoms with van der Waals surface area (Å²) >= 11 is 12.4. The third-order valence-corrected chi connectivity index (χ3v) is 7.79. The molecule has 0 bridgehead atoms. The second-order valence-electron chi connectivity index (χ2n) is 9.37. The van der Waals surface area contributed by atoms with Gasteiger partial charge in [-0.05, 0) is 42.7 Å². The van der Waals surface area contributed by atoms with Crippen molar-refractivity contribution in [2.24, 2.45) is 11.8 Å². The second-order valence-corrected chi connectivity index (χ2v) is 10.2. The van der Waals surface area contributed by atoms with Crippen LogP contribution in [0, 0.1) is 11.8 Å². The van der Waals surface area contributed by atoms with Gasteiger partial charge in [-0.2, -0.15) is 13.2 Å². The number of anilines is 1. The number of hydrogen-bond acceptors (Lipinski definition) is 4. The van der Waals surface area contributed by atoms with Crippen LogP contribution in [0.25, 0.3) is 0 Å². The number of carbonyl (C=O) groups excluding carboxylic acids is 2. The van der Waals surface area contributed by atoms with Gasteiger partial charge in [0.05, 0.1) is 15.6 Å². The molecule has 1 aromatic carbocycles. The van der Waals surface area contributed by atoms with Crippen molar-refractivity contribution in [2.45, 2.75) is 31.9 Å². The highest BCUT2D eigenvalue weighted by molar-refractivity contribution is 6.42. The number of aromatic nitrogens is 1. The molecule has 1 N–H and O–H groups in total. The number of nitrogens with one attached hydrogen (secondary N) is 1. The molecule has 194 valence electrons. The van der Waals surface area contributed by atoms with E-state index in [1.807, 2.05) is 11.0 Å². The molecule has 0 aliphatic carbocycles. The van der Waals surface area contributed by atoms with Crippen LogP contribution in [0.2, 0.25) is 10.0 Å². The number of piperidine rings is 1. The molecule has 1 aromatic heterocycles. The molecule has 2 saturated heterocycles. The maximum absolute atomic E-state index is 13.4. The molecule has 36 heavy (non-hydrogen) atoms. The van der Waals surface area contributed by atoms with E-state index in [-0.39, 0.29) is 29.6 Å². The number of hydrogen-bond donors (Lipinski definition) is 1. The van der Waals surface area contributed by atoms with Gasteiger partial charge in [-0.25, -0.2) is 4.98 Å². The van der Waals surface area contributed by atoms with E-state index in [1.165, 1.54) is 13.0 Å². The number of carbonyl (C=O) groups is 2. The predicted octanol–water partition coefficient (Wildman–Crippen LogP) is 5.32. The number of rotatable bonds is 5. The molecule has 2 atom stereocenters. The van der Waals surface area contributed by atoms with Crippen molar-refractivity contribution >= 4 is 40.8 Å². The molecule has 6 nitrogen and oxygen atoms in total. The molecule has 0 saturated carbocycles. The van der Waals surface area contributed by atoms with E-state index in [0.29, 0.717) is 61.4 Å². The molecule has 0 spiro atoms. The summed E-state index contributed by atoms with van der Waals surface area (Å²) in [6, 6.07) is 7.71. The molecule has 2 fully saturated rings. The van der Waals surface area contributed by atoms with Crippen LogP contribution in [-0.4, -0.2) is 59.3 Å². The van der Waals surface area contributed by atoms with Gasteiger partial charge in [-0.15, -0.1) is 0 Å². The Labute approximate surface area is 217 Å². The maximum Gasteiger partial charge on any atom is 0.417 e. The number of nitrogens with zero attached hydrogens (tertiary/aromatic N) is 3. The van der Waals surface area contributed by atoms with Gasteiger partial charge in [0.1, 0.15) is 5.82 Å². The van der Waals surface area contributed by atoms with Crippen molar-refractivity contribution in [3.8, 4) is 0 Å². The van der Waals surface area contributed by atoms with E-state index in [0.717, 1.165) is 17.8 Å². The van der Waals surface area contributed by atoms with Crippen molar-refractivity contribution in [2.75, 3.05) is 38.0 Å². The number of likely N-dealkylation sites (tertiary alicyclic amines) is 2. The molecular weight excluding hydrogens is 516 g/mol. The van der Waals surface area contributed by atoms with Gasteiger partial charge in [0.2, 0.25) is 11.8 Å². The number of amides is 2. The van der Waals surface area contributed by atoms with Crippen LogP contribution in [0.3, 0.4) is 0 Å². The average molecular weight is 543 g/mol. The summed E-state index contributed by atoms with van der Waals surface area (Å²) in [7, 11) is 0. The number of pyridine rings is 1. The maximum atomic E-state index is 13.4. The second kappa shape index (κ2) is 10.8. The summed E-state index contributed by atoms with van der Waals surface area (Å²) in [5.41, 5.74) is 0.133. The van der Waals surface area contributed by atoms with Gasteiger partial charge in [-0.3, -0.25) is 9.59 Å². The molecule has 2 aromatic rings. The van der Waals surface area contributed by atoms with Crippen LogP contribution >= 0.6 is 23.2 Å². The zero-order valence-electron chi connectivity index (χ0n) is 19.7. The standard InChI is InChI=1S/C25H27Cl2F3N4O2/c1-15(35)33-8-6-16(7-9-33)24(36)34-13-18(20(14-34)17-2-4-21(26)22(27)10-17)11-31-23-5-3-19(12-32-23)25(28,29)30/h2-5,10,12,16,18,20H,6-9,11,13-14H2,1H3,(H,31,32). The Hall–Kier alpha value is -2.52. The molecule has 2 amide bonds. The van der Waals surface area contributed by atoms with Crippen LogP contribution in [0.5, 0.6) is 0 Å². The van der Waals surface area contributed by atoms with E-state index in [9.17, 15) is 22.8 Å². The van der Waals surface area contributed by atoms with Gasteiger partial charge in [0, 0.05) is 63.6 Å². The van der Waals surface area contributed by atoms with E-state index in [1.54, 1.807) is 17.0 Å². The van der Waals surface area contributed by atoms with Gasteiger partial charge < -0.3 is 15.1 Å². The smallest absolute Gasteiger partial charge is 0.370 e. The summed E-state index contributed by atoms with van der Waals surface area (Å²) < 4.78 is 38.5. The van der Waals surface area contributed by atoms with Gasteiger partial charge in [0.25, 0.3) is 0 Å². The Morgan fingerprint density at radius 2 is 1.78 bits per heavy atom. The first-order chi connectivity index (χ1) is 17.0. The SMILES string of the molecule is CC(=O)N1CCC(C(=O)N2CC(CNc3ccc(C(F)(F)F)cn3)C(c3ccc(Cl)c(Cl)c3)C2)CC1. The molecule has 2 unspecified atom stereocenters. The van der Waals surface area contributed by atoms with Gasteiger partial charge >= 0.3 is 6.18 Å². The minimum absolute atomic E-state index is 0.0183. The summed E-state index contributed by atoms with van der Waals surface area (Å²) in [6.45, 7) is 4.07. The number of benzene rings is 1. The minimum atomic E-state index is -4.45. The monoisotopic (exact) mass is 542 g/mol. The molecular formula is C25H27Cl2F3N4O2. The fraction of sp³-hybridized carbons (Fsp3) is 0.480. The highest BCUT2D eigenvalue weighted by Gasteiger charge is 2.39. The summed E-state index contributed by atoms with van der Waals surface area (Å²) in [5.74, 6) is 0.217. The van der Waals surface area contributed by atoms with Crippen LogP contribution in [-0.2, 0) is 15.8 Å². The van der Waals surface area contributed by atoms with Crippen LogP contribution in [0.1, 0.15) is 36.8 Å². The molecule has 0 radical (unpaired) electrons. The highest BCUT2D eigenvalue weighted by Crippen LogP contribution is 2.37. The van der Waals surface area contributed by atoms with Crippen molar-refractivity contribution in [3.05, 3.63) is 57.7 Å². The first-order valence-electron chi connectivity index (χ1n) is 11.8. The normalized spacial score (nSPS) is 21.1. The summed E-state index contributed by atoms with van der Waals surface area (Å²) in [6.07, 6.45) is -2.39. The van der Waals surface area contributed by atoms with Gasteiger partial charge in [0.15, 0.2) is 0 Å². The molecule has 4 rings (SSSR count). The minimum Gasteiger partial charge on any atom is -0.370 e. The van der Waals surface area contributed by atoms with Crippen molar-refractivity contribution in [1.82, 2.24) is 14.8 Å². The highest BCUT2D eigenvalue weighted by atomic mass is 35.5. The fourth-order valence-electron chi connectivity index (χ4n) is 4.98. The topological polar surface area (TPSA) is 65.5 Å². The van der Waals surface area contributed by atoms with Crippen molar-refractivity contribution in [1.29, 1.82) is 0 Å². The third kappa shape index (κ3) is 6.06. The zero-order valence-corrected chi connectivity index (χ0v) is 21.2. The molecule has 11 heteroatoms.